The predicted octanol–water partition coefficient (Wildman–Crippen LogP) is 5.18. The molecule has 2 heterocycles. The Labute approximate surface area is 178 Å². The van der Waals surface area contributed by atoms with Crippen LogP contribution in [0.1, 0.15) is 15.2 Å². The van der Waals surface area contributed by atoms with Crippen molar-refractivity contribution in [1.29, 1.82) is 0 Å². The van der Waals surface area contributed by atoms with Gasteiger partial charge in [0.2, 0.25) is 10.3 Å². The van der Waals surface area contributed by atoms with Gasteiger partial charge in [0.25, 0.3) is 5.91 Å². The molecular weight excluding hydrogens is 422 g/mol. The number of rotatable bonds is 6. The summed E-state index contributed by atoms with van der Waals surface area (Å²) in [6, 6.07) is 20.2. The molecule has 1 N–H and O–H groups in total. The van der Waals surface area contributed by atoms with E-state index in [0.29, 0.717) is 20.7 Å². The first-order valence-corrected chi connectivity index (χ1v) is 10.3. The smallest absolute Gasteiger partial charge is 0.296 e. The number of nitro groups is 1. The molecule has 8 nitrogen and oxygen atoms in total. The Kier molecular flexibility index (Phi) is 5.68. The second-order valence-electron chi connectivity index (χ2n) is 5.98. The molecule has 148 valence electrons. The normalized spacial score (nSPS) is 10.9. The minimum Gasteiger partial charge on any atom is -0.296 e. The van der Waals surface area contributed by atoms with Crippen LogP contribution in [0, 0.1) is 10.1 Å². The number of nitrogens with zero attached hydrogens (tertiary/aromatic N) is 4. The lowest BCUT2D eigenvalue weighted by Crippen LogP contribution is -2.11. The molecule has 0 saturated heterocycles. The number of hydrogen-bond acceptors (Lipinski definition) is 8. The van der Waals surface area contributed by atoms with E-state index in [1.807, 2.05) is 42.5 Å². The monoisotopic (exact) mass is 435 g/mol. The summed E-state index contributed by atoms with van der Waals surface area (Å²) in [7, 11) is 0. The number of thiophene rings is 1. The first-order valence-electron chi connectivity index (χ1n) is 8.67. The van der Waals surface area contributed by atoms with E-state index in [-0.39, 0.29) is 10.9 Å². The maximum Gasteiger partial charge on any atom is 0.324 e. The summed E-state index contributed by atoms with van der Waals surface area (Å²) >= 11 is 2.12. The highest BCUT2D eigenvalue weighted by Gasteiger charge is 2.11. The number of amides is 1. The van der Waals surface area contributed by atoms with Gasteiger partial charge in [-0.05, 0) is 29.3 Å². The number of anilines is 1. The molecule has 0 aliphatic rings. The molecule has 0 saturated carbocycles. The zero-order valence-electron chi connectivity index (χ0n) is 15.3. The zero-order chi connectivity index (χ0) is 20.9. The summed E-state index contributed by atoms with van der Waals surface area (Å²) in [6.45, 7) is 0. The Morgan fingerprint density at radius 1 is 0.967 bits per heavy atom. The van der Waals surface area contributed by atoms with Crippen molar-refractivity contribution in [2.24, 2.45) is 4.99 Å². The van der Waals surface area contributed by atoms with E-state index in [4.69, 9.17) is 0 Å². The maximum atomic E-state index is 12.4. The molecule has 1 amide bonds. The van der Waals surface area contributed by atoms with Gasteiger partial charge in [-0.3, -0.25) is 20.2 Å². The molecule has 4 rings (SSSR count). The van der Waals surface area contributed by atoms with E-state index in [0.717, 1.165) is 33.8 Å². The lowest BCUT2D eigenvalue weighted by atomic mass is 10.0. The summed E-state index contributed by atoms with van der Waals surface area (Å²) < 4.78 is 0. The minimum absolute atomic E-state index is 0.0416. The van der Waals surface area contributed by atoms with Gasteiger partial charge in [-0.2, -0.15) is 0 Å². The van der Waals surface area contributed by atoms with Crippen LogP contribution in [0.5, 0.6) is 0 Å². The summed E-state index contributed by atoms with van der Waals surface area (Å²) in [4.78, 5) is 27.5. The van der Waals surface area contributed by atoms with Crippen molar-refractivity contribution >= 4 is 50.1 Å². The largest absolute Gasteiger partial charge is 0.324 e. The van der Waals surface area contributed by atoms with Crippen LogP contribution in [-0.2, 0) is 0 Å². The molecule has 0 aliphatic heterocycles. The molecule has 0 spiro atoms. The number of benzene rings is 2. The summed E-state index contributed by atoms with van der Waals surface area (Å²) in [5.74, 6) is -0.296. The predicted molar refractivity (Wildman–Crippen MR) is 118 cm³/mol. The van der Waals surface area contributed by atoms with Gasteiger partial charge in [-0.1, -0.05) is 65.1 Å². The molecular formula is C20H13N5O3S2. The molecule has 0 radical (unpaired) electrons. The van der Waals surface area contributed by atoms with Gasteiger partial charge in [0.05, 0.1) is 9.80 Å². The summed E-state index contributed by atoms with van der Waals surface area (Å²) in [6.07, 6.45) is 1.48. The quantitative estimate of drug-likeness (QED) is 0.255. The number of nitrogens with one attached hydrogen (secondary N) is 1. The first-order chi connectivity index (χ1) is 14.6. The maximum absolute atomic E-state index is 12.4. The first kappa shape index (κ1) is 19.6. The second kappa shape index (κ2) is 8.72. The average Bonchev–Trinajstić information content (AvgIpc) is 3.42. The minimum atomic E-state index is -0.451. The standard InChI is InChI=1S/C20H13N5O3S2/c26-18(15-8-6-14(7-9-15)13-4-2-1-3-5-13)22-20-24-23-19(30-20)21-12-16-10-11-17(29-16)25(27)28/h1-12H,(H,22,24,26). The Morgan fingerprint density at radius 2 is 1.70 bits per heavy atom. The van der Waals surface area contributed by atoms with E-state index in [9.17, 15) is 14.9 Å². The average molecular weight is 435 g/mol. The molecule has 2 aromatic heterocycles. The van der Waals surface area contributed by atoms with Gasteiger partial charge in [0.1, 0.15) is 0 Å². The zero-order valence-corrected chi connectivity index (χ0v) is 16.9. The van der Waals surface area contributed by atoms with Gasteiger partial charge >= 0.3 is 5.00 Å². The van der Waals surface area contributed by atoms with Crippen LogP contribution in [-0.4, -0.2) is 27.2 Å². The van der Waals surface area contributed by atoms with Crippen molar-refractivity contribution in [2.45, 2.75) is 0 Å². The van der Waals surface area contributed by atoms with Crippen LogP contribution in [0.4, 0.5) is 15.3 Å². The summed E-state index contributed by atoms with van der Waals surface area (Å²) in [5.41, 5.74) is 2.60. The topological polar surface area (TPSA) is 110 Å². The number of aliphatic imine (C=N–C) groups is 1. The fourth-order valence-corrected chi connectivity index (χ4v) is 3.84. The van der Waals surface area contributed by atoms with Crippen molar-refractivity contribution < 1.29 is 9.72 Å². The van der Waals surface area contributed by atoms with E-state index < -0.39 is 4.92 Å². The molecule has 0 unspecified atom stereocenters. The van der Waals surface area contributed by atoms with Gasteiger partial charge < -0.3 is 0 Å². The van der Waals surface area contributed by atoms with E-state index in [1.54, 1.807) is 18.2 Å². The van der Waals surface area contributed by atoms with Crippen molar-refractivity contribution in [2.75, 3.05) is 5.32 Å². The van der Waals surface area contributed by atoms with E-state index >= 15 is 0 Å². The van der Waals surface area contributed by atoms with Gasteiger partial charge in [-0.15, -0.1) is 10.2 Å². The van der Waals surface area contributed by atoms with Crippen LogP contribution >= 0.6 is 22.7 Å². The molecule has 0 fully saturated rings. The Bertz CT molecular complexity index is 1220. The molecule has 0 aliphatic carbocycles. The van der Waals surface area contributed by atoms with Crippen LogP contribution in [0.15, 0.2) is 71.7 Å². The van der Waals surface area contributed by atoms with Crippen LogP contribution in [0.3, 0.4) is 0 Å². The molecule has 10 heteroatoms. The number of carbonyl (C=O) groups is 1. The SMILES string of the molecule is O=C(Nc1nnc(N=Cc2ccc([N+](=O)[O-])s2)s1)c1ccc(-c2ccccc2)cc1. The highest BCUT2D eigenvalue weighted by Crippen LogP contribution is 2.26. The third-order valence-corrected chi connectivity index (χ3v) is 5.70. The molecule has 2 aromatic carbocycles. The third-order valence-electron chi connectivity index (χ3n) is 3.98. The van der Waals surface area contributed by atoms with Crippen molar-refractivity contribution in [3.8, 4) is 11.1 Å². The fraction of sp³-hybridized carbons (Fsp3) is 0. The van der Waals surface area contributed by atoms with Crippen LogP contribution in [0.2, 0.25) is 0 Å². The number of aromatic nitrogens is 2. The lowest BCUT2D eigenvalue weighted by Gasteiger charge is -2.04. The fourth-order valence-electron chi connectivity index (χ4n) is 2.56. The number of carbonyl (C=O) groups excluding carboxylic acids is 1. The molecule has 0 atom stereocenters. The number of hydrogen-bond donors (Lipinski definition) is 1. The summed E-state index contributed by atoms with van der Waals surface area (Å²) in [5, 5.41) is 21.9. The van der Waals surface area contributed by atoms with Crippen LogP contribution in [0.25, 0.3) is 11.1 Å². The Balaban J connectivity index is 1.40. The molecule has 30 heavy (non-hydrogen) atoms. The van der Waals surface area contributed by atoms with Crippen molar-refractivity contribution in [3.05, 3.63) is 87.3 Å². The second-order valence-corrected chi connectivity index (χ2v) is 8.03. The van der Waals surface area contributed by atoms with Gasteiger partial charge in [-0.25, -0.2) is 4.99 Å². The van der Waals surface area contributed by atoms with Gasteiger partial charge in [0.15, 0.2) is 0 Å². The highest BCUT2D eigenvalue weighted by atomic mass is 32.1. The molecule has 4 aromatic rings. The van der Waals surface area contributed by atoms with Gasteiger partial charge in [0, 0.05) is 17.8 Å². The Hall–Kier alpha value is -3.76. The third kappa shape index (κ3) is 4.62. The van der Waals surface area contributed by atoms with Crippen molar-refractivity contribution in [1.82, 2.24) is 10.2 Å². The molecule has 0 bridgehead atoms. The highest BCUT2D eigenvalue weighted by molar-refractivity contribution is 7.19. The lowest BCUT2D eigenvalue weighted by molar-refractivity contribution is -0.380. The van der Waals surface area contributed by atoms with Crippen molar-refractivity contribution in [3.63, 3.8) is 0 Å². The Morgan fingerprint density at radius 3 is 2.40 bits per heavy atom. The van der Waals surface area contributed by atoms with E-state index in [2.05, 4.69) is 20.5 Å². The van der Waals surface area contributed by atoms with Crippen LogP contribution < -0.4 is 5.32 Å². The van der Waals surface area contributed by atoms with E-state index in [1.165, 1.54) is 12.3 Å².